The third kappa shape index (κ3) is 4.55. The van der Waals surface area contributed by atoms with E-state index in [1.54, 1.807) is 18.2 Å². The highest BCUT2D eigenvalue weighted by Gasteiger charge is 2.20. The Hall–Kier alpha value is -2.08. The van der Waals surface area contributed by atoms with Crippen LogP contribution in [0, 0.1) is 0 Å². The number of rotatable bonds is 6. The zero-order chi connectivity index (χ0) is 18.5. The second-order valence-corrected chi connectivity index (χ2v) is 7.18. The summed E-state index contributed by atoms with van der Waals surface area (Å²) in [6.07, 6.45) is -0.0500. The third-order valence-electron chi connectivity index (χ3n) is 3.63. The number of nitrogens with one attached hydrogen (secondary N) is 1. The van der Waals surface area contributed by atoms with Crippen molar-refractivity contribution in [3.8, 4) is 17.0 Å². The number of halogens is 2. The molecule has 7 heteroatoms. The molecule has 3 rings (SSSR count). The molecule has 1 N–H and O–H groups in total. The SMILES string of the molecule is CCC(Oc1ccccc1)C(=O)Nc1nc(-c2ccc(Cl)cc2Cl)cs1. The first kappa shape index (κ1) is 18.7. The van der Waals surface area contributed by atoms with Crippen molar-refractivity contribution in [1.29, 1.82) is 0 Å². The summed E-state index contributed by atoms with van der Waals surface area (Å²) in [5.41, 5.74) is 1.45. The van der Waals surface area contributed by atoms with Gasteiger partial charge in [-0.25, -0.2) is 4.98 Å². The Morgan fingerprint density at radius 1 is 1.23 bits per heavy atom. The molecule has 1 amide bonds. The first-order valence-electron chi connectivity index (χ1n) is 8.00. The molecule has 0 aliphatic rings. The summed E-state index contributed by atoms with van der Waals surface area (Å²) in [6.45, 7) is 1.90. The van der Waals surface area contributed by atoms with E-state index in [9.17, 15) is 4.79 Å². The van der Waals surface area contributed by atoms with Gasteiger partial charge in [0.15, 0.2) is 11.2 Å². The van der Waals surface area contributed by atoms with Gasteiger partial charge in [0.2, 0.25) is 0 Å². The van der Waals surface area contributed by atoms with E-state index in [4.69, 9.17) is 27.9 Å². The van der Waals surface area contributed by atoms with Crippen LogP contribution in [0.2, 0.25) is 10.0 Å². The van der Waals surface area contributed by atoms with Gasteiger partial charge in [0.25, 0.3) is 5.91 Å². The molecule has 0 fully saturated rings. The molecule has 2 aromatic carbocycles. The predicted molar refractivity (Wildman–Crippen MR) is 107 cm³/mol. The summed E-state index contributed by atoms with van der Waals surface area (Å²) >= 11 is 13.5. The Bertz CT molecular complexity index is 900. The molecule has 0 radical (unpaired) electrons. The van der Waals surface area contributed by atoms with Crippen LogP contribution >= 0.6 is 34.5 Å². The van der Waals surface area contributed by atoms with Crippen LogP contribution in [0.5, 0.6) is 5.75 Å². The molecule has 3 aromatic rings. The molecule has 4 nitrogen and oxygen atoms in total. The van der Waals surface area contributed by atoms with Crippen LogP contribution in [-0.2, 0) is 4.79 Å². The Balaban J connectivity index is 1.70. The number of thiazole rings is 1. The molecule has 1 unspecified atom stereocenters. The van der Waals surface area contributed by atoms with E-state index in [1.807, 2.05) is 42.6 Å². The minimum atomic E-state index is -0.594. The number of carbonyl (C=O) groups is 1. The van der Waals surface area contributed by atoms with Gasteiger partial charge in [-0.1, -0.05) is 48.3 Å². The van der Waals surface area contributed by atoms with Gasteiger partial charge in [0.05, 0.1) is 10.7 Å². The number of benzene rings is 2. The number of ether oxygens (including phenoxy) is 1. The highest BCUT2D eigenvalue weighted by molar-refractivity contribution is 7.14. The topological polar surface area (TPSA) is 51.2 Å². The number of carbonyl (C=O) groups excluding carboxylic acids is 1. The quantitative estimate of drug-likeness (QED) is 0.553. The van der Waals surface area contributed by atoms with E-state index in [1.165, 1.54) is 11.3 Å². The van der Waals surface area contributed by atoms with E-state index < -0.39 is 6.10 Å². The lowest BCUT2D eigenvalue weighted by Crippen LogP contribution is -2.32. The maximum Gasteiger partial charge on any atom is 0.267 e. The van der Waals surface area contributed by atoms with E-state index >= 15 is 0 Å². The molecular formula is C19H16Cl2N2O2S. The van der Waals surface area contributed by atoms with Crippen LogP contribution in [0.25, 0.3) is 11.3 Å². The minimum Gasteiger partial charge on any atom is -0.481 e. The van der Waals surface area contributed by atoms with Crippen molar-refractivity contribution in [2.24, 2.45) is 0 Å². The van der Waals surface area contributed by atoms with E-state index in [-0.39, 0.29) is 5.91 Å². The summed E-state index contributed by atoms with van der Waals surface area (Å²) < 4.78 is 5.75. The number of para-hydroxylation sites is 1. The van der Waals surface area contributed by atoms with Crippen LogP contribution in [0.3, 0.4) is 0 Å². The summed E-state index contributed by atoms with van der Waals surface area (Å²) in [4.78, 5) is 16.9. The van der Waals surface area contributed by atoms with Gasteiger partial charge >= 0.3 is 0 Å². The normalized spacial score (nSPS) is 11.8. The largest absolute Gasteiger partial charge is 0.481 e. The zero-order valence-corrected chi connectivity index (χ0v) is 16.2. The molecule has 134 valence electrons. The lowest BCUT2D eigenvalue weighted by atomic mass is 10.2. The fourth-order valence-corrected chi connectivity index (χ4v) is 3.54. The fourth-order valence-electron chi connectivity index (χ4n) is 2.32. The highest BCUT2D eigenvalue weighted by Crippen LogP contribution is 2.32. The minimum absolute atomic E-state index is 0.237. The first-order valence-corrected chi connectivity index (χ1v) is 9.64. The summed E-state index contributed by atoms with van der Waals surface area (Å²) in [6, 6.07) is 14.5. The van der Waals surface area contributed by atoms with Crippen molar-refractivity contribution in [2.75, 3.05) is 5.32 Å². The predicted octanol–water partition coefficient (Wildman–Crippen LogP) is 5.91. The second kappa shape index (κ2) is 8.54. The fraction of sp³-hybridized carbons (Fsp3) is 0.158. The molecule has 0 bridgehead atoms. The molecule has 0 saturated heterocycles. The van der Waals surface area contributed by atoms with Crippen LogP contribution in [-0.4, -0.2) is 17.0 Å². The Kier molecular flexibility index (Phi) is 6.14. The summed E-state index contributed by atoms with van der Waals surface area (Å²) in [5.74, 6) is 0.418. The van der Waals surface area contributed by atoms with E-state index in [0.29, 0.717) is 33.0 Å². The number of nitrogens with zero attached hydrogens (tertiary/aromatic N) is 1. The van der Waals surface area contributed by atoms with Crippen molar-refractivity contribution in [2.45, 2.75) is 19.4 Å². The molecule has 1 heterocycles. The lowest BCUT2D eigenvalue weighted by molar-refractivity contribution is -0.122. The standard InChI is InChI=1S/C19H16Cl2N2O2S/c1-2-17(25-13-6-4-3-5-7-13)18(24)23-19-22-16(11-26-19)14-9-8-12(20)10-15(14)21/h3-11,17H,2H2,1H3,(H,22,23,24). The summed E-state index contributed by atoms with van der Waals surface area (Å²) in [7, 11) is 0. The van der Waals surface area contributed by atoms with Gasteiger partial charge in [-0.3, -0.25) is 10.1 Å². The second-order valence-electron chi connectivity index (χ2n) is 5.48. The summed E-state index contributed by atoms with van der Waals surface area (Å²) in [5, 5.41) is 6.21. The Labute approximate surface area is 165 Å². The maximum atomic E-state index is 12.5. The molecule has 0 spiro atoms. The van der Waals surface area contributed by atoms with E-state index in [0.717, 1.165) is 5.56 Å². The van der Waals surface area contributed by atoms with Gasteiger partial charge in [0, 0.05) is 16.0 Å². The van der Waals surface area contributed by atoms with Gasteiger partial charge in [0.1, 0.15) is 5.75 Å². The maximum absolute atomic E-state index is 12.5. The van der Waals surface area contributed by atoms with Gasteiger partial charge in [-0.15, -0.1) is 11.3 Å². The van der Waals surface area contributed by atoms with Gasteiger partial charge in [-0.2, -0.15) is 0 Å². The Morgan fingerprint density at radius 2 is 2.00 bits per heavy atom. The molecular weight excluding hydrogens is 391 g/mol. The van der Waals surface area contributed by atoms with Crippen molar-refractivity contribution >= 4 is 45.6 Å². The number of hydrogen-bond acceptors (Lipinski definition) is 4. The number of aromatic nitrogens is 1. The smallest absolute Gasteiger partial charge is 0.267 e. The van der Waals surface area contributed by atoms with Crippen molar-refractivity contribution in [3.63, 3.8) is 0 Å². The number of hydrogen-bond donors (Lipinski definition) is 1. The lowest BCUT2D eigenvalue weighted by Gasteiger charge is -2.16. The number of amides is 1. The van der Waals surface area contributed by atoms with Crippen molar-refractivity contribution in [3.05, 3.63) is 64.0 Å². The zero-order valence-electron chi connectivity index (χ0n) is 13.9. The average Bonchev–Trinajstić information content (AvgIpc) is 3.08. The molecule has 0 aliphatic heterocycles. The third-order valence-corrected chi connectivity index (χ3v) is 4.93. The molecule has 26 heavy (non-hydrogen) atoms. The van der Waals surface area contributed by atoms with Crippen molar-refractivity contribution < 1.29 is 9.53 Å². The van der Waals surface area contributed by atoms with E-state index in [2.05, 4.69) is 10.3 Å². The average molecular weight is 407 g/mol. The molecule has 0 saturated carbocycles. The van der Waals surface area contributed by atoms with Crippen LogP contribution in [0.4, 0.5) is 5.13 Å². The molecule has 0 aliphatic carbocycles. The molecule has 1 aromatic heterocycles. The van der Waals surface area contributed by atoms with Crippen LogP contribution in [0.1, 0.15) is 13.3 Å². The monoisotopic (exact) mass is 406 g/mol. The van der Waals surface area contributed by atoms with Crippen LogP contribution in [0.15, 0.2) is 53.9 Å². The van der Waals surface area contributed by atoms with Gasteiger partial charge < -0.3 is 4.74 Å². The van der Waals surface area contributed by atoms with Crippen LogP contribution < -0.4 is 10.1 Å². The highest BCUT2D eigenvalue weighted by atomic mass is 35.5. The first-order chi connectivity index (χ1) is 12.6. The number of anilines is 1. The molecule has 1 atom stereocenters. The van der Waals surface area contributed by atoms with Crippen molar-refractivity contribution in [1.82, 2.24) is 4.98 Å². The Morgan fingerprint density at radius 3 is 2.69 bits per heavy atom. The van der Waals surface area contributed by atoms with Gasteiger partial charge in [-0.05, 0) is 36.8 Å².